The molecular formula is C14H28O5Si. The van der Waals surface area contributed by atoms with E-state index in [1.807, 2.05) is 27.3 Å². The van der Waals surface area contributed by atoms with Crippen LogP contribution < -0.4 is 0 Å². The van der Waals surface area contributed by atoms with Crippen LogP contribution in [0.1, 0.15) is 40.5 Å². The Morgan fingerprint density at radius 3 is 2.25 bits per heavy atom. The number of esters is 1. The standard InChI is InChI=1S/C14H28O5Si/c1-7-17-20(6,18-8-2)19-13(5)10-9-11-16-14(15)12(3)4/h13H,3,7-11H2,1-2,4-6H3. The zero-order valence-corrected chi connectivity index (χ0v) is 14.4. The molecule has 0 heterocycles. The minimum Gasteiger partial charge on any atom is -0.462 e. The summed E-state index contributed by atoms with van der Waals surface area (Å²) in [6, 6.07) is 0. The van der Waals surface area contributed by atoms with Crippen LogP contribution in [0.2, 0.25) is 6.55 Å². The van der Waals surface area contributed by atoms with Gasteiger partial charge in [0.25, 0.3) is 0 Å². The van der Waals surface area contributed by atoms with Crippen molar-refractivity contribution in [3.8, 4) is 0 Å². The average molecular weight is 304 g/mol. The first kappa shape index (κ1) is 19.3. The van der Waals surface area contributed by atoms with Crippen molar-refractivity contribution in [2.45, 2.75) is 53.2 Å². The highest BCUT2D eigenvalue weighted by Crippen LogP contribution is 2.15. The van der Waals surface area contributed by atoms with Gasteiger partial charge in [0.05, 0.1) is 6.61 Å². The second kappa shape index (κ2) is 10.1. The molecule has 0 aromatic heterocycles. The summed E-state index contributed by atoms with van der Waals surface area (Å²) in [5.74, 6) is -0.346. The largest absolute Gasteiger partial charge is 0.497 e. The topological polar surface area (TPSA) is 54.0 Å². The quantitative estimate of drug-likeness (QED) is 0.254. The van der Waals surface area contributed by atoms with Gasteiger partial charge in [-0.1, -0.05) is 6.58 Å². The highest BCUT2D eigenvalue weighted by atomic mass is 28.4. The van der Waals surface area contributed by atoms with Gasteiger partial charge >= 0.3 is 14.8 Å². The third-order valence-electron chi connectivity index (χ3n) is 2.56. The molecule has 118 valence electrons. The Balaban J connectivity index is 3.99. The molecule has 0 rings (SSSR count). The summed E-state index contributed by atoms with van der Waals surface area (Å²) < 4.78 is 22.2. The van der Waals surface area contributed by atoms with Gasteiger partial charge in [0.1, 0.15) is 0 Å². The number of hydrogen-bond acceptors (Lipinski definition) is 5. The van der Waals surface area contributed by atoms with Crippen molar-refractivity contribution in [1.29, 1.82) is 0 Å². The van der Waals surface area contributed by atoms with E-state index in [1.165, 1.54) is 0 Å². The predicted molar refractivity (Wildman–Crippen MR) is 80.4 cm³/mol. The molecule has 1 atom stereocenters. The lowest BCUT2D eigenvalue weighted by Crippen LogP contribution is -2.45. The van der Waals surface area contributed by atoms with Crippen LogP contribution in [0.5, 0.6) is 0 Å². The Morgan fingerprint density at radius 2 is 1.80 bits per heavy atom. The molecule has 1 unspecified atom stereocenters. The van der Waals surface area contributed by atoms with Crippen molar-refractivity contribution in [1.82, 2.24) is 0 Å². The maximum absolute atomic E-state index is 11.2. The number of carbonyl (C=O) groups is 1. The molecule has 0 aromatic carbocycles. The molecule has 0 amide bonds. The predicted octanol–water partition coefficient (Wildman–Crippen LogP) is 2.93. The van der Waals surface area contributed by atoms with E-state index in [0.717, 1.165) is 12.8 Å². The Labute approximate surface area is 123 Å². The third kappa shape index (κ3) is 8.47. The van der Waals surface area contributed by atoms with E-state index in [9.17, 15) is 4.79 Å². The van der Waals surface area contributed by atoms with Crippen LogP contribution in [0.15, 0.2) is 12.2 Å². The highest BCUT2D eigenvalue weighted by Gasteiger charge is 2.35. The molecule has 0 saturated heterocycles. The summed E-state index contributed by atoms with van der Waals surface area (Å²) in [7, 11) is -2.53. The molecule has 0 fully saturated rings. The average Bonchev–Trinajstić information content (AvgIpc) is 2.34. The summed E-state index contributed by atoms with van der Waals surface area (Å²) in [6.07, 6.45) is 1.53. The Hall–Kier alpha value is -0.693. The van der Waals surface area contributed by atoms with Gasteiger partial charge in [0.15, 0.2) is 0 Å². The molecule has 0 saturated carbocycles. The summed E-state index contributed by atoms with van der Waals surface area (Å²) in [6.45, 7) is 14.4. The first-order valence-electron chi connectivity index (χ1n) is 7.13. The van der Waals surface area contributed by atoms with Gasteiger partial charge in [0, 0.05) is 31.4 Å². The lowest BCUT2D eigenvalue weighted by atomic mass is 10.2. The number of hydrogen-bond donors (Lipinski definition) is 0. The van der Waals surface area contributed by atoms with Crippen molar-refractivity contribution in [3.63, 3.8) is 0 Å². The molecule has 0 radical (unpaired) electrons. The molecule has 0 aliphatic rings. The van der Waals surface area contributed by atoms with Gasteiger partial charge in [-0.05, 0) is 40.5 Å². The summed E-state index contributed by atoms with van der Waals surface area (Å²) in [5, 5.41) is 0. The fraction of sp³-hybridized carbons (Fsp3) is 0.786. The second-order valence-corrected chi connectivity index (χ2v) is 7.25. The third-order valence-corrected chi connectivity index (χ3v) is 5.02. The zero-order valence-electron chi connectivity index (χ0n) is 13.4. The number of ether oxygens (including phenoxy) is 1. The van der Waals surface area contributed by atoms with Crippen LogP contribution in [0.3, 0.4) is 0 Å². The van der Waals surface area contributed by atoms with Crippen LogP contribution in [0.25, 0.3) is 0 Å². The fourth-order valence-corrected chi connectivity index (χ4v) is 3.83. The van der Waals surface area contributed by atoms with Crippen molar-refractivity contribution in [3.05, 3.63) is 12.2 Å². The van der Waals surface area contributed by atoms with Crippen molar-refractivity contribution in [2.24, 2.45) is 0 Å². The van der Waals surface area contributed by atoms with Gasteiger partial charge in [-0.15, -0.1) is 0 Å². The number of rotatable bonds is 11. The molecule has 0 bridgehead atoms. The molecule has 6 heteroatoms. The van der Waals surface area contributed by atoms with E-state index in [0.29, 0.717) is 25.4 Å². The van der Waals surface area contributed by atoms with Crippen LogP contribution in [-0.4, -0.2) is 40.7 Å². The molecule has 0 aliphatic heterocycles. The van der Waals surface area contributed by atoms with E-state index < -0.39 is 8.80 Å². The zero-order chi connectivity index (χ0) is 15.6. The smallest absolute Gasteiger partial charge is 0.462 e. The van der Waals surface area contributed by atoms with Gasteiger partial charge in [-0.25, -0.2) is 4.79 Å². The fourth-order valence-electron chi connectivity index (χ4n) is 1.72. The molecule has 5 nitrogen and oxygen atoms in total. The van der Waals surface area contributed by atoms with Crippen LogP contribution in [0.4, 0.5) is 0 Å². The first-order valence-corrected chi connectivity index (χ1v) is 9.35. The van der Waals surface area contributed by atoms with Gasteiger partial charge in [0.2, 0.25) is 0 Å². The van der Waals surface area contributed by atoms with E-state index in [-0.39, 0.29) is 12.1 Å². The molecule has 0 aromatic rings. The highest BCUT2D eigenvalue weighted by molar-refractivity contribution is 6.59. The molecular weight excluding hydrogens is 276 g/mol. The van der Waals surface area contributed by atoms with Crippen LogP contribution >= 0.6 is 0 Å². The molecule has 0 spiro atoms. The first-order chi connectivity index (χ1) is 9.34. The lowest BCUT2D eigenvalue weighted by Gasteiger charge is -2.28. The maximum Gasteiger partial charge on any atom is 0.497 e. The van der Waals surface area contributed by atoms with E-state index >= 15 is 0 Å². The maximum atomic E-state index is 11.2. The number of carbonyl (C=O) groups excluding carboxylic acids is 1. The van der Waals surface area contributed by atoms with E-state index in [2.05, 4.69) is 6.58 Å². The molecule has 0 N–H and O–H groups in total. The molecule has 0 aliphatic carbocycles. The normalized spacial score (nSPS) is 13.1. The van der Waals surface area contributed by atoms with Gasteiger partial charge in [-0.3, -0.25) is 0 Å². The van der Waals surface area contributed by atoms with Gasteiger partial charge in [-0.2, -0.15) is 0 Å². The second-order valence-electron chi connectivity index (χ2n) is 4.72. The van der Waals surface area contributed by atoms with E-state index in [4.69, 9.17) is 18.0 Å². The van der Waals surface area contributed by atoms with Crippen LogP contribution in [-0.2, 0) is 22.8 Å². The lowest BCUT2D eigenvalue weighted by molar-refractivity contribution is -0.139. The van der Waals surface area contributed by atoms with Crippen molar-refractivity contribution >= 4 is 14.8 Å². The minimum atomic E-state index is -2.53. The van der Waals surface area contributed by atoms with Crippen LogP contribution in [0, 0.1) is 0 Å². The van der Waals surface area contributed by atoms with Gasteiger partial charge < -0.3 is 18.0 Å². The monoisotopic (exact) mass is 304 g/mol. The molecule has 20 heavy (non-hydrogen) atoms. The Kier molecular flexibility index (Phi) is 9.74. The van der Waals surface area contributed by atoms with E-state index in [1.54, 1.807) is 6.92 Å². The summed E-state index contributed by atoms with van der Waals surface area (Å²) in [4.78, 5) is 11.2. The summed E-state index contributed by atoms with van der Waals surface area (Å²) in [5.41, 5.74) is 0.418. The Morgan fingerprint density at radius 1 is 1.25 bits per heavy atom. The SMILES string of the molecule is C=C(C)C(=O)OCCCC(C)O[Si](C)(OCC)OCC. The summed E-state index contributed by atoms with van der Waals surface area (Å²) >= 11 is 0. The minimum absolute atomic E-state index is 0.00768. The van der Waals surface area contributed by atoms with Crippen molar-refractivity contribution in [2.75, 3.05) is 19.8 Å². The Bertz CT molecular complexity index is 300. The van der Waals surface area contributed by atoms with Crippen molar-refractivity contribution < 1.29 is 22.8 Å².